The van der Waals surface area contributed by atoms with E-state index in [1.807, 2.05) is 18.2 Å². The summed E-state index contributed by atoms with van der Waals surface area (Å²) < 4.78 is 12.8. The third-order valence-electron chi connectivity index (χ3n) is 2.10. The molecule has 1 heterocycles. The molecule has 4 nitrogen and oxygen atoms in total. The predicted molar refractivity (Wildman–Crippen MR) is 85.2 cm³/mol. The maximum Gasteiger partial charge on any atom is 0.284 e. The van der Waals surface area contributed by atoms with Crippen LogP contribution in [0.15, 0.2) is 31.6 Å². The minimum absolute atomic E-state index is 0.312. The van der Waals surface area contributed by atoms with E-state index in [2.05, 4.69) is 42.1 Å². The third-order valence-corrected chi connectivity index (χ3v) is 5.06. The van der Waals surface area contributed by atoms with Gasteiger partial charge in [0.25, 0.3) is 4.84 Å². The predicted octanol–water partition coefficient (Wildman–Crippen LogP) is 4.57. The van der Waals surface area contributed by atoms with Gasteiger partial charge >= 0.3 is 0 Å². The highest BCUT2D eigenvalue weighted by atomic mass is 79.9. The summed E-state index contributed by atoms with van der Waals surface area (Å²) in [5, 5.41) is 6.51. The van der Waals surface area contributed by atoms with Gasteiger partial charge in [-0.25, -0.2) is 5.10 Å². The smallest absolute Gasteiger partial charge is 0.284 e. The Bertz CT molecular complexity index is 600. The Morgan fingerprint density at radius 2 is 2.21 bits per heavy atom. The van der Waals surface area contributed by atoms with Crippen LogP contribution in [0.2, 0.25) is 0 Å². The second-order valence-corrected chi connectivity index (χ2v) is 6.67. The van der Waals surface area contributed by atoms with Crippen LogP contribution < -0.4 is 4.74 Å². The summed E-state index contributed by atoms with van der Waals surface area (Å²) in [7, 11) is 0. The van der Waals surface area contributed by atoms with Gasteiger partial charge in [-0.05, 0) is 62.3 Å². The molecule has 1 aromatic carbocycles. The molecule has 2 rings (SSSR count). The first-order chi connectivity index (χ1) is 9.15. The van der Waals surface area contributed by atoms with E-state index in [1.165, 1.54) is 0 Å². The molecule has 0 atom stereocenters. The second kappa shape index (κ2) is 7.47. The van der Waals surface area contributed by atoms with Gasteiger partial charge in [-0.1, -0.05) is 0 Å². The van der Waals surface area contributed by atoms with Crippen LogP contribution in [0.3, 0.4) is 0 Å². The quantitative estimate of drug-likeness (QED) is 0.542. The van der Waals surface area contributed by atoms with Crippen molar-refractivity contribution in [3.63, 3.8) is 0 Å². The molecule has 1 aromatic heterocycles. The lowest BCUT2D eigenvalue weighted by Gasteiger charge is -2.06. The Hall–Kier alpha value is -0.310. The number of ether oxygens (including phenoxy) is 1. The molecular formula is C11H10Br2N2O2S2. The highest BCUT2D eigenvalue weighted by Gasteiger charge is 2.01. The second-order valence-electron chi connectivity index (χ2n) is 3.48. The molecule has 0 spiro atoms. The average Bonchev–Trinajstić information content (AvgIpc) is 2.79. The van der Waals surface area contributed by atoms with Crippen LogP contribution in [0.25, 0.3) is 0 Å². The van der Waals surface area contributed by atoms with Crippen molar-refractivity contribution >= 4 is 55.8 Å². The van der Waals surface area contributed by atoms with Crippen molar-refractivity contribution in [2.24, 2.45) is 0 Å². The van der Waals surface area contributed by atoms with Crippen molar-refractivity contribution in [2.75, 3.05) is 12.4 Å². The first-order valence-corrected chi connectivity index (χ1v) is 8.50. The number of aromatic nitrogens is 2. The van der Waals surface area contributed by atoms with Crippen molar-refractivity contribution in [1.82, 2.24) is 10.2 Å². The van der Waals surface area contributed by atoms with Crippen molar-refractivity contribution in [2.45, 2.75) is 5.75 Å². The van der Waals surface area contributed by atoms with Gasteiger partial charge < -0.3 is 9.15 Å². The van der Waals surface area contributed by atoms with Crippen molar-refractivity contribution in [3.05, 3.63) is 37.9 Å². The highest BCUT2D eigenvalue weighted by Crippen LogP contribution is 2.27. The Kier molecular flexibility index (Phi) is 5.93. The number of aromatic amines is 1. The van der Waals surface area contributed by atoms with Crippen LogP contribution in [0, 0.1) is 4.84 Å². The molecule has 0 saturated carbocycles. The largest absolute Gasteiger partial charge is 0.493 e. The molecule has 0 saturated heterocycles. The van der Waals surface area contributed by atoms with Gasteiger partial charge in [0.05, 0.1) is 12.4 Å². The van der Waals surface area contributed by atoms with E-state index < -0.39 is 0 Å². The lowest BCUT2D eigenvalue weighted by atomic mass is 10.3. The Morgan fingerprint density at radius 1 is 1.37 bits per heavy atom. The number of halogens is 2. The Balaban J connectivity index is 1.69. The van der Waals surface area contributed by atoms with Gasteiger partial charge in [-0.15, -0.1) is 16.9 Å². The van der Waals surface area contributed by atoms with Crippen LogP contribution in [-0.2, 0) is 5.75 Å². The Morgan fingerprint density at radius 3 is 2.89 bits per heavy atom. The molecule has 8 heteroatoms. The van der Waals surface area contributed by atoms with E-state index in [-0.39, 0.29) is 0 Å². The van der Waals surface area contributed by atoms with Crippen molar-refractivity contribution < 1.29 is 9.15 Å². The number of hydrogen-bond acceptors (Lipinski definition) is 5. The van der Waals surface area contributed by atoms with Crippen LogP contribution in [0.5, 0.6) is 5.75 Å². The molecule has 0 aliphatic heterocycles. The van der Waals surface area contributed by atoms with E-state index in [4.69, 9.17) is 21.4 Å². The molecule has 0 bridgehead atoms. The zero-order valence-corrected chi connectivity index (χ0v) is 14.5. The summed E-state index contributed by atoms with van der Waals surface area (Å²) in [5.74, 6) is 2.98. The third kappa shape index (κ3) is 4.94. The van der Waals surface area contributed by atoms with Crippen LogP contribution in [0.4, 0.5) is 0 Å². The van der Waals surface area contributed by atoms with Gasteiger partial charge in [0.2, 0.25) is 5.89 Å². The molecule has 19 heavy (non-hydrogen) atoms. The number of benzene rings is 1. The number of rotatable bonds is 6. The molecule has 0 aliphatic rings. The van der Waals surface area contributed by atoms with E-state index in [1.54, 1.807) is 11.8 Å². The van der Waals surface area contributed by atoms with Crippen LogP contribution >= 0.6 is 55.8 Å². The normalized spacial score (nSPS) is 10.6. The maximum absolute atomic E-state index is 5.63. The standard InChI is InChI=1S/C11H10Br2N2O2S2/c12-8-2-1-7(5-9(8)13)16-3-4-19-6-10-14-15-11(18)17-10/h1-2,5H,3-4,6H2,(H,15,18). The molecule has 0 aliphatic carbocycles. The highest BCUT2D eigenvalue weighted by molar-refractivity contribution is 9.13. The summed E-state index contributed by atoms with van der Waals surface area (Å²) >= 11 is 13.3. The Labute approximate surface area is 136 Å². The zero-order valence-electron chi connectivity index (χ0n) is 9.69. The number of nitrogens with one attached hydrogen (secondary N) is 1. The van der Waals surface area contributed by atoms with Gasteiger partial charge in [0, 0.05) is 14.7 Å². The van der Waals surface area contributed by atoms with Crippen LogP contribution in [-0.4, -0.2) is 22.6 Å². The first-order valence-electron chi connectivity index (χ1n) is 5.35. The fourth-order valence-electron chi connectivity index (χ4n) is 1.27. The zero-order chi connectivity index (χ0) is 13.7. The SMILES string of the molecule is S=c1[nH]nc(CSCCOc2ccc(Br)c(Br)c2)o1. The maximum atomic E-state index is 5.63. The fourth-order valence-corrected chi connectivity index (χ4v) is 2.66. The molecule has 1 N–H and O–H groups in total. The molecule has 0 fully saturated rings. The van der Waals surface area contributed by atoms with Gasteiger partial charge in [0.15, 0.2) is 0 Å². The van der Waals surface area contributed by atoms with E-state index in [0.717, 1.165) is 20.4 Å². The number of nitrogens with zero attached hydrogens (tertiary/aromatic N) is 1. The van der Waals surface area contributed by atoms with Crippen molar-refractivity contribution in [3.8, 4) is 5.75 Å². The molecule has 0 amide bonds. The minimum atomic E-state index is 0.312. The molecule has 2 aromatic rings. The molecule has 0 unspecified atom stereocenters. The van der Waals surface area contributed by atoms with Gasteiger partial charge in [-0.2, -0.15) is 0 Å². The summed E-state index contributed by atoms with van der Waals surface area (Å²) in [5.41, 5.74) is 0. The summed E-state index contributed by atoms with van der Waals surface area (Å²) in [6.07, 6.45) is 0. The number of thioether (sulfide) groups is 1. The summed E-state index contributed by atoms with van der Waals surface area (Å²) in [6, 6.07) is 5.80. The van der Waals surface area contributed by atoms with E-state index >= 15 is 0 Å². The van der Waals surface area contributed by atoms with E-state index in [0.29, 0.717) is 23.1 Å². The van der Waals surface area contributed by atoms with Gasteiger partial charge in [0.1, 0.15) is 5.75 Å². The first kappa shape index (κ1) is 15.1. The molecule has 102 valence electrons. The lowest BCUT2D eigenvalue weighted by Crippen LogP contribution is -2.00. The minimum Gasteiger partial charge on any atom is -0.493 e. The molecule has 0 radical (unpaired) electrons. The fraction of sp³-hybridized carbons (Fsp3) is 0.273. The number of hydrogen-bond donors (Lipinski definition) is 1. The van der Waals surface area contributed by atoms with Crippen molar-refractivity contribution in [1.29, 1.82) is 0 Å². The molecular weight excluding hydrogens is 416 g/mol. The summed E-state index contributed by atoms with van der Waals surface area (Å²) in [6.45, 7) is 0.629. The van der Waals surface area contributed by atoms with Crippen LogP contribution in [0.1, 0.15) is 5.89 Å². The average molecular weight is 426 g/mol. The topological polar surface area (TPSA) is 51.0 Å². The van der Waals surface area contributed by atoms with E-state index in [9.17, 15) is 0 Å². The van der Waals surface area contributed by atoms with Gasteiger partial charge in [-0.3, -0.25) is 0 Å². The lowest BCUT2D eigenvalue weighted by molar-refractivity contribution is 0.343. The monoisotopic (exact) mass is 424 g/mol. The number of H-pyrrole nitrogens is 1. The summed E-state index contributed by atoms with van der Waals surface area (Å²) in [4.78, 5) is 0.312.